The fraction of sp³-hybridized carbons (Fsp3) is 0.0233. The first kappa shape index (κ1) is 52.3. The summed E-state index contributed by atoms with van der Waals surface area (Å²) in [5.41, 5.74) is 28.7. The van der Waals surface area contributed by atoms with Gasteiger partial charge in [-0.3, -0.25) is 0 Å². The molecule has 2 aliphatic rings. The van der Waals surface area contributed by atoms with E-state index in [2.05, 4.69) is 340 Å². The van der Waals surface area contributed by atoms with Crippen LogP contribution in [0.15, 0.2) is 340 Å². The molecule has 2 nitrogen and oxygen atoms in total. The topological polar surface area (TPSA) is 18.5 Å². The number of hydrogen-bond acceptors (Lipinski definition) is 2. The first-order valence-electron chi connectivity index (χ1n) is 30.3. The smallest absolute Gasteiger partial charge is 0.231 e. The SMILES string of the molecule is c1ccc(-c2cccc(-c3cc(-c4cccc(-c5ccccc5)c4)cc(C4(c5cc(-c6cccc(-c7ccccc7)c6)cc(-c6cccc(-c7ccccc7)c6)c5)c5cc6c(cc5-c5c(-c7ccccc7-c7ccccc7)cccc54)OCO6)c3)c2)cc1. The number of ether oxygens (including phenoxy) is 2. The second-order valence-electron chi connectivity index (χ2n) is 23.0. The summed E-state index contributed by atoms with van der Waals surface area (Å²) in [6, 6.07) is 125. The Bertz CT molecular complexity index is 4500. The van der Waals surface area contributed by atoms with Crippen LogP contribution >= 0.6 is 0 Å². The highest BCUT2D eigenvalue weighted by atomic mass is 16.7. The van der Waals surface area contributed by atoms with Gasteiger partial charge in [-0.25, -0.2) is 0 Å². The molecule has 0 unspecified atom stereocenters. The molecule has 0 aromatic heterocycles. The molecule has 0 radical (unpaired) electrons. The van der Waals surface area contributed by atoms with Crippen molar-refractivity contribution in [3.05, 3.63) is 362 Å². The number of fused-ring (bicyclic) bond motifs is 4. The van der Waals surface area contributed by atoms with Crippen molar-refractivity contribution in [3.63, 3.8) is 0 Å². The minimum absolute atomic E-state index is 0.140. The van der Waals surface area contributed by atoms with Gasteiger partial charge in [-0.2, -0.15) is 0 Å². The lowest BCUT2D eigenvalue weighted by molar-refractivity contribution is 0.174. The molecule has 1 heterocycles. The summed E-state index contributed by atoms with van der Waals surface area (Å²) in [5.74, 6) is 1.47. The number of hydrogen-bond donors (Lipinski definition) is 0. The van der Waals surface area contributed by atoms with E-state index < -0.39 is 5.41 Å². The van der Waals surface area contributed by atoms with Gasteiger partial charge in [0.1, 0.15) is 0 Å². The molecule has 1 aliphatic heterocycles. The minimum Gasteiger partial charge on any atom is -0.454 e. The van der Waals surface area contributed by atoms with Crippen molar-refractivity contribution in [1.29, 1.82) is 0 Å². The van der Waals surface area contributed by atoms with Gasteiger partial charge in [0, 0.05) is 0 Å². The molecule has 0 saturated heterocycles. The molecule has 414 valence electrons. The average Bonchev–Trinajstić information content (AvgIpc) is 1.51. The first-order valence-corrected chi connectivity index (χ1v) is 30.3. The van der Waals surface area contributed by atoms with Gasteiger partial charge in [0.2, 0.25) is 6.79 Å². The molecule has 0 fully saturated rings. The van der Waals surface area contributed by atoms with Crippen LogP contribution in [0.25, 0.3) is 122 Å². The van der Waals surface area contributed by atoms with Gasteiger partial charge in [0.15, 0.2) is 11.5 Å². The molecule has 0 bridgehead atoms. The molecule has 0 saturated carbocycles. The Morgan fingerprint density at radius 2 is 0.489 bits per heavy atom. The van der Waals surface area contributed by atoms with Gasteiger partial charge in [0.05, 0.1) is 5.41 Å². The summed E-state index contributed by atoms with van der Waals surface area (Å²) in [5, 5.41) is 0. The Balaban J connectivity index is 1.05. The quantitative estimate of drug-likeness (QED) is 0.121. The fourth-order valence-electron chi connectivity index (χ4n) is 13.8. The van der Waals surface area contributed by atoms with Crippen molar-refractivity contribution < 1.29 is 9.47 Å². The molecule has 0 atom stereocenters. The minimum atomic E-state index is -0.985. The predicted octanol–water partition coefficient (Wildman–Crippen LogP) is 22.4. The Kier molecular flexibility index (Phi) is 13.2. The van der Waals surface area contributed by atoms with E-state index in [0.29, 0.717) is 0 Å². The van der Waals surface area contributed by atoms with Crippen LogP contribution in [0.5, 0.6) is 11.5 Å². The maximum Gasteiger partial charge on any atom is 0.231 e. The van der Waals surface area contributed by atoms with Gasteiger partial charge in [-0.15, -0.1) is 0 Å². The zero-order chi connectivity index (χ0) is 58.4. The van der Waals surface area contributed by atoms with Crippen LogP contribution in [0.3, 0.4) is 0 Å². The van der Waals surface area contributed by atoms with Crippen LogP contribution in [0, 0.1) is 0 Å². The van der Waals surface area contributed by atoms with Crippen LogP contribution in [-0.2, 0) is 5.41 Å². The lowest BCUT2D eigenvalue weighted by Gasteiger charge is -2.36. The summed E-state index contributed by atoms with van der Waals surface area (Å²) in [6.07, 6.45) is 0. The number of rotatable bonds is 12. The highest BCUT2D eigenvalue weighted by molar-refractivity contribution is 6.01. The van der Waals surface area contributed by atoms with E-state index in [-0.39, 0.29) is 6.79 Å². The van der Waals surface area contributed by atoms with E-state index in [1.54, 1.807) is 0 Å². The average molecular weight is 1120 g/mol. The molecule has 88 heavy (non-hydrogen) atoms. The summed E-state index contributed by atoms with van der Waals surface area (Å²) in [6.45, 7) is 0.140. The van der Waals surface area contributed by atoms with Gasteiger partial charge in [-0.1, -0.05) is 267 Å². The predicted molar refractivity (Wildman–Crippen MR) is 364 cm³/mol. The third kappa shape index (κ3) is 9.40. The lowest BCUT2D eigenvalue weighted by atomic mass is 9.65. The van der Waals surface area contributed by atoms with E-state index in [4.69, 9.17) is 9.47 Å². The maximum absolute atomic E-state index is 6.55. The lowest BCUT2D eigenvalue weighted by Crippen LogP contribution is -2.29. The third-order valence-electron chi connectivity index (χ3n) is 17.9. The van der Waals surface area contributed by atoms with Crippen LogP contribution in [-0.4, -0.2) is 6.79 Å². The largest absolute Gasteiger partial charge is 0.454 e. The second kappa shape index (κ2) is 22.3. The molecule has 0 spiro atoms. The van der Waals surface area contributed by atoms with Crippen molar-refractivity contribution in [2.45, 2.75) is 5.41 Å². The Morgan fingerprint density at radius 3 is 0.886 bits per heavy atom. The van der Waals surface area contributed by atoms with Crippen molar-refractivity contribution >= 4 is 0 Å². The van der Waals surface area contributed by atoms with E-state index in [1.165, 1.54) is 27.8 Å². The van der Waals surface area contributed by atoms with Gasteiger partial charge in [0.25, 0.3) is 0 Å². The third-order valence-corrected chi connectivity index (χ3v) is 17.9. The molecule has 1 aliphatic carbocycles. The molecule has 14 aromatic rings. The van der Waals surface area contributed by atoms with Crippen LogP contribution < -0.4 is 9.47 Å². The summed E-state index contributed by atoms with van der Waals surface area (Å²) in [4.78, 5) is 0. The highest BCUT2D eigenvalue weighted by Gasteiger charge is 2.49. The standard InChI is InChI=1S/C86H58O2/c1-6-23-58(24-7-1)63-33-18-37-67(45-63)71-49-72(68-38-19-34-64(46-68)59-25-8-2-9-26-59)52-75(51-71)86(81-44-22-43-79(78-42-17-16-41-77(78)62-31-14-5-15-32-62)85(81)80-55-83-84(56-82(80)86)88-57-87-83)76-53-73(69-39-20-35-65(47-69)60-27-10-3-11-28-60)50-74(54-76)70-40-21-36-66(48-70)61-29-12-4-13-30-61/h1-56H,57H2. The normalized spacial score (nSPS) is 12.5. The second-order valence-corrected chi connectivity index (χ2v) is 23.0. The fourth-order valence-corrected chi connectivity index (χ4v) is 13.8. The Morgan fingerprint density at radius 1 is 0.193 bits per heavy atom. The molecule has 0 N–H and O–H groups in total. The number of benzene rings is 14. The Labute approximate surface area is 514 Å². The zero-order valence-corrected chi connectivity index (χ0v) is 48.4. The zero-order valence-electron chi connectivity index (χ0n) is 48.4. The van der Waals surface area contributed by atoms with Crippen molar-refractivity contribution in [1.82, 2.24) is 0 Å². The van der Waals surface area contributed by atoms with Gasteiger partial charge >= 0.3 is 0 Å². The molecular formula is C86H58O2. The summed E-state index contributed by atoms with van der Waals surface area (Å²) >= 11 is 0. The van der Waals surface area contributed by atoms with E-state index in [1.807, 2.05) is 0 Å². The van der Waals surface area contributed by atoms with Gasteiger partial charge in [-0.05, 0) is 217 Å². The summed E-state index contributed by atoms with van der Waals surface area (Å²) in [7, 11) is 0. The molecule has 2 heteroatoms. The molecule has 16 rings (SSSR count). The van der Waals surface area contributed by atoms with E-state index in [0.717, 1.165) is 128 Å². The summed E-state index contributed by atoms with van der Waals surface area (Å²) < 4.78 is 13.0. The van der Waals surface area contributed by atoms with Crippen LogP contribution in [0.4, 0.5) is 0 Å². The van der Waals surface area contributed by atoms with Crippen molar-refractivity contribution in [3.8, 4) is 134 Å². The molecular weight excluding hydrogens is 1060 g/mol. The van der Waals surface area contributed by atoms with Crippen molar-refractivity contribution in [2.75, 3.05) is 6.79 Å². The monoisotopic (exact) mass is 1120 g/mol. The molecule has 0 amide bonds. The first-order chi connectivity index (χ1) is 43.6. The van der Waals surface area contributed by atoms with Crippen LogP contribution in [0.1, 0.15) is 22.3 Å². The Hall–Kier alpha value is -11.3. The van der Waals surface area contributed by atoms with Gasteiger partial charge < -0.3 is 9.47 Å². The van der Waals surface area contributed by atoms with Crippen LogP contribution in [0.2, 0.25) is 0 Å². The van der Waals surface area contributed by atoms with E-state index >= 15 is 0 Å². The van der Waals surface area contributed by atoms with Crippen molar-refractivity contribution in [2.24, 2.45) is 0 Å². The van der Waals surface area contributed by atoms with E-state index in [9.17, 15) is 0 Å². The molecule has 14 aromatic carbocycles. The maximum atomic E-state index is 6.55. The highest BCUT2D eigenvalue weighted by Crippen LogP contribution is 2.62.